The van der Waals surface area contributed by atoms with Crippen LogP contribution < -0.4 is 5.32 Å². The minimum absolute atomic E-state index is 0.0531. The second-order valence-corrected chi connectivity index (χ2v) is 5.70. The van der Waals surface area contributed by atoms with Gasteiger partial charge in [-0.3, -0.25) is 4.79 Å². The molecule has 1 aromatic carbocycles. The van der Waals surface area contributed by atoms with Gasteiger partial charge in [0.1, 0.15) is 0 Å². The van der Waals surface area contributed by atoms with E-state index in [-0.39, 0.29) is 24.5 Å². The van der Waals surface area contributed by atoms with Crippen LogP contribution in [0.3, 0.4) is 0 Å². The van der Waals surface area contributed by atoms with Crippen LogP contribution in [0.25, 0.3) is 0 Å². The molecular formula is C17H25NO2. The molecule has 1 fully saturated rings. The fraction of sp³-hybridized carbons (Fsp3) is 0.588. The van der Waals surface area contributed by atoms with Crippen LogP contribution in [0.2, 0.25) is 0 Å². The summed E-state index contributed by atoms with van der Waals surface area (Å²) in [6, 6.07) is 9.40. The first-order valence-corrected chi connectivity index (χ1v) is 7.77. The van der Waals surface area contributed by atoms with Crippen LogP contribution in [0.4, 0.5) is 0 Å². The number of carbonyl (C=O) groups excluding carboxylic acids is 1. The molecule has 1 aliphatic carbocycles. The molecule has 0 radical (unpaired) electrons. The van der Waals surface area contributed by atoms with Gasteiger partial charge in [-0.2, -0.15) is 0 Å². The van der Waals surface area contributed by atoms with E-state index in [1.807, 2.05) is 30.3 Å². The van der Waals surface area contributed by atoms with Crippen molar-refractivity contribution in [3.63, 3.8) is 0 Å². The molecule has 1 aromatic rings. The van der Waals surface area contributed by atoms with Crippen molar-refractivity contribution in [2.24, 2.45) is 5.92 Å². The maximum Gasteiger partial charge on any atom is 0.223 e. The van der Waals surface area contributed by atoms with Gasteiger partial charge in [0.05, 0.1) is 12.6 Å². The molecule has 3 heteroatoms. The zero-order valence-electron chi connectivity index (χ0n) is 12.1. The van der Waals surface area contributed by atoms with Crippen molar-refractivity contribution in [2.75, 3.05) is 6.61 Å². The summed E-state index contributed by atoms with van der Waals surface area (Å²) in [6.45, 7) is -0.0531. The van der Waals surface area contributed by atoms with E-state index in [2.05, 4.69) is 5.32 Å². The topological polar surface area (TPSA) is 49.3 Å². The van der Waals surface area contributed by atoms with Gasteiger partial charge in [-0.05, 0) is 18.4 Å². The fourth-order valence-corrected chi connectivity index (χ4v) is 2.93. The molecule has 0 aromatic heterocycles. The lowest BCUT2D eigenvalue weighted by molar-refractivity contribution is -0.126. The Hall–Kier alpha value is -1.35. The molecule has 1 saturated carbocycles. The highest BCUT2D eigenvalue weighted by molar-refractivity contribution is 5.79. The number of nitrogens with one attached hydrogen (secondary N) is 1. The highest BCUT2D eigenvalue weighted by Gasteiger charge is 2.22. The number of hydrogen-bond donors (Lipinski definition) is 2. The first-order chi connectivity index (χ1) is 9.81. The fourth-order valence-electron chi connectivity index (χ4n) is 2.93. The highest BCUT2D eigenvalue weighted by Crippen LogP contribution is 2.23. The Bertz CT molecular complexity index is 397. The van der Waals surface area contributed by atoms with Gasteiger partial charge in [0, 0.05) is 5.92 Å². The zero-order chi connectivity index (χ0) is 14.2. The van der Waals surface area contributed by atoms with Gasteiger partial charge >= 0.3 is 0 Å². The van der Waals surface area contributed by atoms with Crippen LogP contribution in [-0.2, 0) is 4.79 Å². The number of amides is 1. The molecule has 0 saturated heterocycles. The van der Waals surface area contributed by atoms with Crippen molar-refractivity contribution < 1.29 is 9.90 Å². The van der Waals surface area contributed by atoms with E-state index < -0.39 is 0 Å². The second kappa shape index (κ2) is 8.05. The van der Waals surface area contributed by atoms with Crippen LogP contribution >= 0.6 is 0 Å². The molecular weight excluding hydrogens is 250 g/mol. The molecule has 2 rings (SSSR count). The van der Waals surface area contributed by atoms with E-state index in [1.54, 1.807) is 0 Å². The lowest BCUT2D eigenvalue weighted by Crippen LogP contribution is -2.36. The number of aliphatic hydroxyl groups excluding tert-OH is 1. The Balaban J connectivity index is 1.94. The summed E-state index contributed by atoms with van der Waals surface area (Å²) in [5.41, 5.74) is 0.967. The molecule has 0 bridgehead atoms. The third-order valence-corrected chi connectivity index (χ3v) is 4.18. The van der Waals surface area contributed by atoms with E-state index in [0.29, 0.717) is 0 Å². The Morgan fingerprint density at radius 1 is 1.10 bits per heavy atom. The highest BCUT2D eigenvalue weighted by atomic mass is 16.3. The minimum atomic E-state index is -0.283. The summed E-state index contributed by atoms with van der Waals surface area (Å²) in [6.07, 6.45) is 8.05. The van der Waals surface area contributed by atoms with Gasteiger partial charge in [-0.1, -0.05) is 62.4 Å². The Kier molecular flexibility index (Phi) is 6.06. The van der Waals surface area contributed by atoms with Crippen LogP contribution in [-0.4, -0.2) is 17.6 Å². The molecule has 1 atom stereocenters. The molecule has 2 N–H and O–H groups in total. The Labute approximate surface area is 121 Å². The van der Waals surface area contributed by atoms with E-state index in [1.165, 1.54) is 19.3 Å². The van der Waals surface area contributed by atoms with Crippen LogP contribution in [0.1, 0.15) is 56.6 Å². The predicted molar refractivity (Wildman–Crippen MR) is 80.2 cm³/mol. The van der Waals surface area contributed by atoms with E-state index >= 15 is 0 Å². The summed E-state index contributed by atoms with van der Waals surface area (Å²) >= 11 is 0. The lowest BCUT2D eigenvalue weighted by atomic mass is 9.90. The van der Waals surface area contributed by atoms with Gasteiger partial charge < -0.3 is 10.4 Å². The van der Waals surface area contributed by atoms with Gasteiger partial charge in [-0.25, -0.2) is 0 Å². The van der Waals surface area contributed by atoms with Crippen molar-refractivity contribution in [3.8, 4) is 0 Å². The molecule has 20 heavy (non-hydrogen) atoms. The van der Waals surface area contributed by atoms with E-state index in [0.717, 1.165) is 31.2 Å². The standard InChI is InChI=1S/C17H25NO2/c19-13-16(14-9-7-4-8-10-14)18-17(20)15-11-5-2-1-3-6-12-15/h4,7-10,15-16,19H,1-3,5-6,11-13H2,(H,18,20). The van der Waals surface area contributed by atoms with E-state index in [9.17, 15) is 9.90 Å². The molecule has 1 amide bonds. The average Bonchev–Trinajstić information content (AvgIpc) is 2.45. The van der Waals surface area contributed by atoms with E-state index in [4.69, 9.17) is 0 Å². The number of rotatable bonds is 4. The number of hydrogen-bond acceptors (Lipinski definition) is 2. The average molecular weight is 275 g/mol. The van der Waals surface area contributed by atoms with Gasteiger partial charge in [0.25, 0.3) is 0 Å². The van der Waals surface area contributed by atoms with Gasteiger partial charge in [0.2, 0.25) is 5.91 Å². The second-order valence-electron chi connectivity index (χ2n) is 5.70. The Morgan fingerprint density at radius 3 is 2.30 bits per heavy atom. The largest absolute Gasteiger partial charge is 0.394 e. The third kappa shape index (κ3) is 4.34. The van der Waals surface area contributed by atoms with Crippen LogP contribution in [0, 0.1) is 5.92 Å². The van der Waals surface area contributed by atoms with Crippen LogP contribution in [0.5, 0.6) is 0 Å². The van der Waals surface area contributed by atoms with Crippen molar-refractivity contribution in [3.05, 3.63) is 35.9 Å². The van der Waals surface area contributed by atoms with Crippen LogP contribution in [0.15, 0.2) is 30.3 Å². The van der Waals surface area contributed by atoms with Gasteiger partial charge in [0.15, 0.2) is 0 Å². The first kappa shape index (κ1) is 15.0. The SMILES string of the molecule is O=C(NC(CO)c1ccccc1)C1CCCCCCC1. The van der Waals surface area contributed by atoms with Crippen molar-refractivity contribution >= 4 is 5.91 Å². The molecule has 0 aliphatic heterocycles. The molecule has 1 aliphatic rings. The summed E-state index contributed by atoms with van der Waals surface area (Å²) < 4.78 is 0. The maximum atomic E-state index is 12.4. The number of carbonyl (C=O) groups is 1. The Morgan fingerprint density at radius 2 is 1.70 bits per heavy atom. The third-order valence-electron chi connectivity index (χ3n) is 4.18. The maximum absolute atomic E-state index is 12.4. The summed E-state index contributed by atoms with van der Waals surface area (Å²) in [7, 11) is 0. The minimum Gasteiger partial charge on any atom is -0.394 e. The molecule has 110 valence electrons. The van der Waals surface area contributed by atoms with Crippen molar-refractivity contribution in [2.45, 2.75) is 51.0 Å². The van der Waals surface area contributed by atoms with Gasteiger partial charge in [-0.15, -0.1) is 0 Å². The summed E-state index contributed by atoms with van der Waals surface area (Å²) in [5, 5.41) is 12.5. The van der Waals surface area contributed by atoms with Crippen molar-refractivity contribution in [1.29, 1.82) is 0 Å². The number of aliphatic hydroxyl groups is 1. The molecule has 0 spiro atoms. The molecule has 1 unspecified atom stereocenters. The zero-order valence-corrected chi connectivity index (χ0v) is 12.1. The lowest BCUT2D eigenvalue weighted by Gasteiger charge is -2.23. The summed E-state index contributed by atoms with van der Waals surface area (Å²) in [4.78, 5) is 12.4. The monoisotopic (exact) mass is 275 g/mol. The molecule has 0 heterocycles. The normalized spacial score (nSPS) is 18.9. The number of benzene rings is 1. The van der Waals surface area contributed by atoms with Crippen molar-refractivity contribution in [1.82, 2.24) is 5.32 Å². The smallest absolute Gasteiger partial charge is 0.223 e. The quantitative estimate of drug-likeness (QED) is 0.886. The molecule has 3 nitrogen and oxygen atoms in total. The predicted octanol–water partition coefficient (Wildman–Crippen LogP) is 3.20. The summed E-state index contributed by atoms with van der Waals surface area (Å²) in [5.74, 6) is 0.225. The first-order valence-electron chi connectivity index (χ1n) is 7.77.